The average Bonchev–Trinajstić information content (AvgIpc) is 2.39. The molecule has 0 bridgehead atoms. The van der Waals surface area contributed by atoms with Crippen LogP contribution in [0.3, 0.4) is 0 Å². The van der Waals surface area contributed by atoms with E-state index < -0.39 is 0 Å². The maximum atomic E-state index is 9.04. The van der Waals surface area contributed by atoms with Crippen molar-refractivity contribution in [2.75, 3.05) is 11.9 Å². The Morgan fingerprint density at radius 3 is 2.72 bits per heavy atom. The second-order valence-electron chi connectivity index (χ2n) is 4.15. The second-order valence-corrected chi connectivity index (χ2v) is 4.15. The molecule has 0 aliphatic rings. The minimum atomic E-state index is -0.0998. The van der Waals surface area contributed by atoms with Gasteiger partial charge in [0.2, 0.25) is 0 Å². The van der Waals surface area contributed by atoms with Crippen molar-refractivity contribution in [1.29, 1.82) is 0 Å². The van der Waals surface area contributed by atoms with Gasteiger partial charge in [0.05, 0.1) is 36.9 Å². The molecule has 94 valence electrons. The van der Waals surface area contributed by atoms with E-state index in [-0.39, 0.29) is 6.61 Å². The highest BCUT2D eigenvalue weighted by Gasteiger charge is 2.06. The van der Waals surface area contributed by atoms with Crippen molar-refractivity contribution < 1.29 is 5.11 Å². The zero-order valence-corrected chi connectivity index (χ0v) is 10.5. The van der Waals surface area contributed by atoms with Gasteiger partial charge in [-0.3, -0.25) is 9.97 Å². The fourth-order valence-electron chi connectivity index (χ4n) is 1.67. The molecule has 1 N–H and O–H groups in total. The maximum absolute atomic E-state index is 9.04. The number of aromatic nitrogens is 3. The molecule has 0 aromatic carbocycles. The number of aryl methyl sites for hydroxylation is 1. The van der Waals surface area contributed by atoms with Crippen LogP contribution in [0.2, 0.25) is 0 Å². The lowest BCUT2D eigenvalue weighted by molar-refractivity contribution is 0.276. The number of hydrogen-bond acceptors (Lipinski definition) is 5. The Morgan fingerprint density at radius 1 is 1.17 bits per heavy atom. The first-order valence-electron chi connectivity index (χ1n) is 5.74. The van der Waals surface area contributed by atoms with Gasteiger partial charge in [0.15, 0.2) is 0 Å². The fraction of sp³-hybridized carbons (Fsp3) is 0.308. The molecular weight excluding hydrogens is 228 g/mol. The van der Waals surface area contributed by atoms with E-state index in [0.717, 1.165) is 17.2 Å². The Bertz CT molecular complexity index is 530. The summed E-state index contributed by atoms with van der Waals surface area (Å²) in [6.45, 7) is 2.53. The first-order chi connectivity index (χ1) is 8.69. The van der Waals surface area contributed by atoms with Gasteiger partial charge in [0.1, 0.15) is 5.82 Å². The van der Waals surface area contributed by atoms with Crippen molar-refractivity contribution in [2.45, 2.75) is 20.1 Å². The third kappa shape index (κ3) is 3.01. The van der Waals surface area contributed by atoms with Gasteiger partial charge in [0.25, 0.3) is 0 Å². The molecule has 0 radical (unpaired) electrons. The number of nitrogens with zero attached hydrogens (tertiary/aromatic N) is 4. The van der Waals surface area contributed by atoms with Gasteiger partial charge < -0.3 is 10.0 Å². The van der Waals surface area contributed by atoms with Crippen molar-refractivity contribution in [2.24, 2.45) is 0 Å². The zero-order valence-electron chi connectivity index (χ0n) is 10.5. The molecule has 2 rings (SSSR count). The van der Waals surface area contributed by atoms with Crippen molar-refractivity contribution in [3.63, 3.8) is 0 Å². The molecule has 5 nitrogen and oxygen atoms in total. The Kier molecular flexibility index (Phi) is 3.84. The molecule has 0 fully saturated rings. The van der Waals surface area contributed by atoms with Crippen LogP contribution in [0.4, 0.5) is 5.82 Å². The van der Waals surface area contributed by atoms with Crippen molar-refractivity contribution >= 4 is 5.82 Å². The summed E-state index contributed by atoms with van der Waals surface area (Å²) in [5.74, 6) is 0.727. The summed E-state index contributed by atoms with van der Waals surface area (Å²) in [6.07, 6.45) is 3.23. The summed E-state index contributed by atoms with van der Waals surface area (Å²) in [5, 5.41) is 9.04. The minimum absolute atomic E-state index is 0.0998. The largest absolute Gasteiger partial charge is 0.390 e. The van der Waals surface area contributed by atoms with Crippen molar-refractivity contribution in [3.05, 3.63) is 47.7 Å². The highest BCUT2D eigenvalue weighted by Crippen LogP contribution is 2.11. The van der Waals surface area contributed by atoms with E-state index in [0.29, 0.717) is 12.2 Å². The molecule has 2 heterocycles. The summed E-state index contributed by atoms with van der Waals surface area (Å²) < 4.78 is 0. The number of anilines is 1. The zero-order chi connectivity index (χ0) is 13.0. The SMILES string of the molecule is Cc1cccc(CN(C)c2cncc(CO)n2)n1. The van der Waals surface area contributed by atoms with Crippen LogP contribution in [-0.4, -0.2) is 27.1 Å². The quantitative estimate of drug-likeness (QED) is 0.878. The number of rotatable bonds is 4. The molecule has 18 heavy (non-hydrogen) atoms. The van der Waals surface area contributed by atoms with Crippen LogP contribution in [0.15, 0.2) is 30.6 Å². The molecule has 0 saturated heterocycles. The summed E-state index contributed by atoms with van der Waals surface area (Å²) in [4.78, 5) is 14.7. The summed E-state index contributed by atoms with van der Waals surface area (Å²) in [5.41, 5.74) is 2.54. The van der Waals surface area contributed by atoms with E-state index in [1.54, 1.807) is 12.4 Å². The smallest absolute Gasteiger partial charge is 0.147 e. The van der Waals surface area contributed by atoms with Crippen LogP contribution in [0.5, 0.6) is 0 Å². The van der Waals surface area contributed by atoms with E-state index in [1.165, 1.54) is 0 Å². The Hall–Kier alpha value is -2.01. The molecular formula is C13H16N4O. The summed E-state index contributed by atoms with van der Waals surface area (Å²) in [7, 11) is 1.93. The van der Waals surface area contributed by atoms with Gasteiger partial charge in [-0.2, -0.15) is 0 Å². The molecule has 0 amide bonds. The van der Waals surface area contributed by atoms with Crippen molar-refractivity contribution in [3.8, 4) is 0 Å². The average molecular weight is 244 g/mol. The van der Waals surface area contributed by atoms with E-state index in [2.05, 4.69) is 15.0 Å². The van der Waals surface area contributed by atoms with E-state index in [1.807, 2.05) is 37.1 Å². The topological polar surface area (TPSA) is 62.1 Å². The van der Waals surface area contributed by atoms with Gasteiger partial charge in [-0.05, 0) is 19.1 Å². The van der Waals surface area contributed by atoms with Crippen molar-refractivity contribution in [1.82, 2.24) is 15.0 Å². The molecule has 0 spiro atoms. The predicted octanol–water partition coefficient (Wildman–Crippen LogP) is 1.31. The van der Waals surface area contributed by atoms with E-state index >= 15 is 0 Å². The highest BCUT2D eigenvalue weighted by atomic mass is 16.3. The Morgan fingerprint density at radius 2 is 2.00 bits per heavy atom. The first kappa shape index (κ1) is 12.4. The molecule has 2 aromatic heterocycles. The molecule has 0 unspecified atom stereocenters. The predicted molar refractivity (Wildman–Crippen MR) is 69.0 cm³/mol. The van der Waals surface area contributed by atoms with Gasteiger partial charge in [-0.15, -0.1) is 0 Å². The van der Waals surface area contributed by atoms with E-state index in [9.17, 15) is 0 Å². The molecule has 2 aromatic rings. The lowest BCUT2D eigenvalue weighted by Crippen LogP contribution is -2.19. The lowest BCUT2D eigenvalue weighted by atomic mass is 10.3. The van der Waals surface area contributed by atoms with Gasteiger partial charge in [0, 0.05) is 12.7 Å². The maximum Gasteiger partial charge on any atom is 0.147 e. The van der Waals surface area contributed by atoms with Crippen LogP contribution in [0, 0.1) is 6.92 Å². The van der Waals surface area contributed by atoms with Crippen LogP contribution in [0.1, 0.15) is 17.1 Å². The van der Waals surface area contributed by atoms with Gasteiger partial charge in [-0.1, -0.05) is 6.07 Å². The third-order valence-corrected chi connectivity index (χ3v) is 2.57. The number of hydrogen-bond donors (Lipinski definition) is 1. The van der Waals surface area contributed by atoms with Crippen LogP contribution >= 0.6 is 0 Å². The molecule has 0 aliphatic heterocycles. The van der Waals surface area contributed by atoms with E-state index in [4.69, 9.17) is 5.11 Å². The summed E-state index contributed by atoms with van der Waals surface area (Å²) in [6, 6.07) is 5.93. The molecule has 0 aliphatic carbocycles. The number of pyridine rings is 1. The van der Waals surface area contributed by atoms with Gasteiger partial charge in [-0.25, -0.2) is 4.98 Å². The molecule has 5 heteroatoms. The molecule has 0 saturated carbocycles. The number of aliphatic hydroxyl groups excluding tert-OH is 1. The van der Waals surface area contributed by atoms with Crippen LogP contribution < -0.4 is 4.90 Å². The lowest BCUT2D eigenvalue weighted by Gasteiger charge is -2.17. The Balaban J connectivity index is 2.13. The first-order valence-corrected chi connectivity index (χ1v) is 5.74. The van der Waals surface area contributed by atoms with Gasteiger partial charge >= 0.3 is 0 Å². The molecule has 0 atom stereocenters. The monoisotopic (exact) mass is 244 g/mol. The van der Waals surface area contributed by atoms with Crippen LogP contribution in [-0.2, 0) is 13.2 Å². The highest BCUT2D eigenvalue weighted by molar-refractivity contribution is 5.35. The Labute approximate surface area is 106 Å². The normalized spacial score (nSPS) is 10.4. The van der Waals surface area contributed by atoms with Crippen LogP contribution in [0.25, 0.3) is 0 Å². The fourth-order valence-corrected chi connectivity index (χ4v) is 1.67. The minimum Gasteiger partial charge on any atom is -0.390 e. The third-order valence-electron chi connectivity index (χ3n) is 2.57. The number of aliphatic hydroxyl groups is 1. The summed E-state index contributed by atoms with van der Waals surface area (Å²) >= 11 is 0. The standard InChI is InChI=1S/C13H16N4O/c1-10-4-3-5-11(15-10)8-17(2)13-7-14-6-12(9-18)16-13/h3-7,18H,8-9H2,1-2H3. The second kappa shape index (κ2) is 5.55.